The van der Waals surface area contributed by atoms with E-state index in [-0.39, 0.29) is 11.3 Å². The first-order valence-corrected chi connectivity index (χ1v) is 11.6. The Kier molecular flexibility index (Phi) is 5.40. The Morgan fingerprint density at radius 1 is 0.914 bits per heavy atom. The highest BCUT2D eigenvalue weighted by molar-refractivity contribution is 9.10. The molecular weight excluding hydrogens is 510 g/mol. The average Bonchev–Trinajstić information content (AvgIpc) is 2.84. The molecule has 4 aromatic carbocycles. The van der Waals surface area contributed by atoms with Crippen LogP contribution in [0.3, 0.4) is 0 Å². The van der Waals surface area contributed by atoms with Crippen molar-refractivity contribution in [3.63, 3.8) is 0 Å². The van der Waals surface area contributed by atoms with Crippen LogP contribution >= 0.6 is 15.9 Å². The molecule has 5 rings (SSSR count). The molecule has 0 atom stereocenters. The quantitative estimate of drug-likeness (QED) is 0.174. The molecule has 0 radical (unpaired) electrons. The van der Waals surface area contributed by atoms with E-state index in [1.807, 2.05) is 50.2 Å². The Morgan fingerprint density at radius 3 is 2.23 bits per heavy atom. The first-order valence-electron chi connectivity index (χ1n) is 10.9. The van der Waals surface area contributed by atoms with Crippen molar-refractivity contribution in [1.29, 1.82) is 0 Å². The summed E-state index contributed by atoms with van der Waals surface area (Å²) in [5.41, 5.74) is 3.55. The van der Waals surface area contributed by atoms with Crippen LogP contribution in [0.4, 0.5) is 17.1 Å². The molecule has 1 heterocycles. The standard InChI is InChI=1S/C27H20BrN3O4/c1-15-13-16(7-12-22(15)28)24-19-5-4-6-20-25(19)21(14-23(24)31(34)35)27(33)30(26(20)32)18-10-8-17(9-11-18)29(2)3/h4-14H,1-3H3. The van der Waals surface area contributed by atoms with Gasteiger partial charge in [-0.2, -0.15) is 0 Å². The molecule has 0 aromatic heterocycles. The van der Waals surface area contributed by atoms with Gasteiger partial charge in [0.15, 0.2) is 0 Å². The van der Waals surface area contributed by atoms with Gasteiger partial charge in [0, 0.05) is 41.3 Å². The van der Waals surface area contributed by atoms with Crippen LogP contribution in [0.25, 0.3) is 21.9 Å². The molecule has 35 heavy (non-hydrogen) atoms. The van der Waals surface area contributed by atoms with E-state index < -0.39 is 16.7 Å². The van der Waals surface area contributed by atoms with Crippen LogP contribution in [-0.4, -0.2) is 30.8 Å². The van der Waals surface area contributed by atoms with Crippen molar-refractivity contribution in [2.24, 2.45) is 0 Å². The fraction of sp³-hybridized carbons (Fsp3) is 0.111. The zero-order valence-electron chi connectivity index (χ0n) is 19.2. The minimum absolute atomic E-state index is 0.135. The second kappa shape index (κ2) is 8.32. The first-order chi connectivity index (χ1) is 16.7. The number of carbonyl (C=O) groups is 2. The summed E-state index contributed by atoms with van der Waals surface area (Å²) in [6.07, 6.45) is 0. The van der Waals surface area contributed by atoms with Gasteiger partial charge in [-0.3, -0.25) is 19.7 Å². The van der Waals surface area contributed by atoms with E-state index >= 15 is 0 Å². The minimum atomic E-state index is -0.585. The Labute approximate surface area is 209 Å². The van der Waals surface area contributed by atoms with Crippen LogP contribution in [0.5, 0.6) is 0 Å². The van der Waals surface area contributed by atoms with E-state index in [0.717, 1.165) is 20.6 Å². The second-order valence-electron chi connectivity index (χ2n) is 8.62. The number of nitro benzene ring substituents is 1. The van der Waals surface area contributed by atoms with Gasteiger partial charge in [0.1, 0.15) is 0 Å². The van der Waals surface area contributed by atoms with E-state index in [4.69, 9.17) is 0 Å². The second-order valence-corrected chi connectivity index (χ2v) is 9.48. The van der Waals surface area contributed by atoms with Crippen LogP contribution in [0.2, 0.25) is 0 Å². The molecular formula is C27H20BrN3O4. The summed E-state index contributed by atoms with van der Waals surface area (Å²) in [5, 5.41) is 13.1. The highest BCUT2D eigenvalue weighted by atomic mass is 79.9. The highest BCUT2D eigenvalue weighted by Crippen LogP contribution is 2.43. The van der Waals surface area contributed by atoms with Crippen LogP contribution in [-0.2, 0) is 0 Å². The fourth-order valence-electron chi connectivity index (χ4n) is 4.53. The van der Waals surface area contributed by atoms with Gasteiger partial charge in [0.25, 0.3) is 17.5 Å². The number of hydrogen-bond acceptors (Lipinski definition) is 5. The number of amides is 2. The summed E-state index contributed by atoms with van der Waals surface area (Å²) in [6.45, 7) is 1.90. The summed E-state index contributed by atoms with van der Waals surface area (Å²) < 4.78 is 0.882. The van der Waals surface area contributed by atoms with Crippen LogP contribution in [0.15, 0.2) is 71.2 Å². The number of halogens is 1. The van der Waals surface area contributed by atoms with E-state index in [1.165, 1.54) is 6.07 Å². The molecule has 0 spiro atoms. The van der Waals surface area contributed by atoms with Crippen molar-refractivity contribution >= 4 is 55.6 Å². The lowest BCUT2D eigenvalue weighted by molar-refractivity contribution is -0.384. The van der Waals surface area contributed by atoms with Crippen LogP contribution in [0.1, 0.15) is 26.3 Å². The highest BCUT2D eigenvalue weighted by Gasteiger charge is 2.37. The number of nitrogens with zero attached hydrogens (tertiary/aromatic N) is 3. The van der Waals surface area contributed by atoms with Crippen molar-refractivity contribution in [3.05, 3.63) is 98.0 Å². The normalized spacial score (nSPS) is 12.9. The maximum absolute atomic E-state index is 13.6. The van der Waals surface area contributed by atoms with Gasteiger partial charge in [-0.15, -0.1) is 0 Å². The van der Waals surface area contributed by atoms with Crippen molar-refractivity contribution in [2.75, 3.05) is 23.9 Å². The molecule has 174 valence electrons. The molecule has 0 unspecified atom stereocenters. The summed E-state index contributed by atoms with van der Waals surface area (Å²) in [6, 6.07) is 18.9. The molecule has 4 aromatic rings. The van der Waals surface area contributed by atoms with Crippen molar-refractivity contribution in [3.8, 4) is 11.1 Å². The zero-order chi connectivity index (χ0) is 25.0. The molecule has 7 nitrogen and oxygen atoms in total. The molecule has 8 heteroatoms. The number of anilines is 2. The molecule has 1 aliphatic rings. The lowest BCUT2D eigenvalue weighted by atomic mass is 9.87. The maximum Gasteiger partial charge on any atom is 0.278 e. The van der Waals surface area contributed by atoms with Gasteiger partial charge in [-0.1, -0.05) is 40.2 Å². The number of imide groups is 1. The van der Waals surface area contributed by atoms with Gasteiger partial charge in [0.2, 0.25) is 0 Å². The third-order valence-electron chi connectivity index (χ3n) is 6.27. The summed E-state index contributed by atoms with van der Waals surface area (Å²) >= 11 is 3.47. The SMILES string of the molecule is Cc1cc(-c2c([N+](=O)[O-])cc3c4c(cccc24)C(=O)N(c2ccc(N(C)C)cc2)C3=O)ccc1Br. The van der Waals surface area contributed by atoms with E-state index in [0.29, 0.717) is 33.2 Å². The summed E-state index contributed by atoms with van der Waals surface area (Å²) in [5.74, 6) is -1.05. The van der Waals surface area contributed by atoms with Crippen LogP contribution < -0.4 is 9.80 Å². The topological polar surface area (TPSA) is 83.8 Å². The third-order valence-corrected chi connectivity index (χ3v) is 7.16. The molecule has 0 bridgehead atoms. The average molecular weight is 530 g/mol. The van der Waals surface area contributed by atoms with E-state index in [9.17, 15) is 19.7 Å². The molecule has 0 aliphatic carbocycles. The smallest absolute Gasteiger partial charge is 0.278 e. The van der Waals surface area contributed by atoms with Crippen molar-refractivity contribution < 1.29 is 14.5 Å². The summed E-state index contributed by atoms with van der Waals surface area (Å²) in [4.78, 5) is 41.9. The van der Waals surface area contributed by atoms with Gasteiger partial charge in [0.05, 0.1) is 21.7 Å². The molecule has 0 N–H and O–H groups in total. The number of rotatable bonds is 4. The van der Waals surface area contributed by atoms with E-state index in [2.05, 4.69) is 15.9 Å². The molecule has 0 saturated carbocycles. The lowest BCUT2D eigenvalue weighted by Gasteiger charge is -2.28. The largest absolute Gasteiger partial charge is 0.378 e. The number of benzene rings is 4. The van der Waals surface area contributed by atoms with Gasteiger partial charge < -0.3 is 4.90 Å². The minimum Gasteiger partial charge on any atom is -0.378 e. The fourth-order valence-corrected chi connectivity index (χ4v) is 4.78. The number of hydrogen-bond donors (Lipinski definition) is 0. The molecule has 1 aliphatic heterocycles. The van der Waals surface area contributed by atoms with Crippen LogP contribution in [0, 0.1) is 17.0 Å². The predicted molar refractivity (Wildman–Crippen MR) is 140 cm³/mol. The van der Waals surface area contributed by atoms with E-state index in [1.54, 1.807) is 36.4 Å². The summed E-state index contributed by atoms with van der Waals surface area (Å²) in [7, 11) is 3.79. The Morgan fingerprint density at radius 2 is 1.60 bits per heavy atom. The number of nitro groups is 1. The third kappa shape index (κ3) is 3.57. The Hall–Kier alpha value is -4.04. The van der Waals surface area contributed by atoms with Gasteiger partial charge >= 0.3 is 0 Å². The van der Waals surface area contributed by atoms with Gasteiger partial charge in [-0.25, -0.2) is 4.90 Å². The Balaban J connectivity index is 1.77. The number of carbonyl (C=O) groups excluding carboxylic acids is 2. The van der Waals surface area contributed by atoms with Crippen molar-refractivity contribution in [1.82, 2.24) is 0 Å². The van der Waals surface area contributed by atoms with Crippen molar-refractivity contribution in [2.45, 2.75) is 6.92 Å². The van der Waals surface area contributed by atoms with Gasteiger partial charge in [-0.05, 0) is 59.8 Å². The molecule has 0 saturated heterocycles. The zero-order valence-corrected chi connectivity index (χ0v) is 20.8. The molecule has 2 amide bonds. The predicted octanol–water partition coefficient (Wildman–Crippen LogP) is 6.35. The lowest BCUT2D eigenvalue weighted by Crippen LogP contribution is -2.40. The first kappa shape index (κ1) is 22.7. The number of aryl methyl sites for hydroxylation is 1. The molecule has 0 fully saturated rings. The monoisotopic (exact) mass is 529 g/mol. The maximum atomic E-state index is 13.6. The Bertz CT molecular complexity index is 1560.